The van der Waals surface area contributed by atoms with Crippen LogP contribution < -0.4 is 11.1 Å². The van der Waals surface area contributed by atoms with Crippen LogP contribution >= 0.6 is 11.6 Å². The molecule has 0 aliphatic carbocycles. The maximum Gasteiger partial charge on any atom is 0.153 e. The molecule has 0 fully saturated rings. The van der Waals surface area contributed by atoms with Crippen molar-refractivity contribution in [3.8, 4) is 0 Å². The van der Waals surface area contributed by atoms with Gasteiger partial charge in [-0.05, 0) is 6.07 Å². The first-order valence-electron chi connectivity index (χ1n) is 4.32. The van der Waals surface area contributed by atoms with E-state index in [0.29, 0.717) is 16.5 Å². The van der Waals surface area contributed by atoms with E-state index in [0.717, 1.165) is 5.69 Å². The Kier molecular flexibility index (Phi) is 2.47. The Hall–Kier alpha value is -1.75. The van der Waals surface area contributed by atoms with Gasteiger partial charge in [0, 0.05) is 19.4 Å². The standard InChI is InChI=1S/C9H10ClN5/c1-15-5-7(4-13-15)14-9-8(11)2-6(10)3-12-9/h2-5H,11H2,1H3,(H,12,14). The molecule has 2 aromatic rings. The number of nitrogens with two attached hydrogens (primary N) is 1. The lowest BCUT2D eigenvalue weighted by Gasteiger charge is -2.05. The Morgan fingerprint density at radius 1 is 1.47 bits per heavy atom. The van der Waals surface area contributed by atoms with E-state index in [2.05, 4.69) is 15.4 Å². The summed E-state index contributed by atoms with van der Waals surface area (Å²) in [6.07, 6.45) is 5.06. The first-order valence-corrected chi connectivity index (χ1v) is 4.69. The van der Waals surface area contributed by atoms with Crippen molar-refractivity contribution < 1.29 is 0 Å². The van der Waals surface area contributed by atoms with E-state index in [4.69, 9.17) is 17.3 Å². The summed E-state index contributed by atoms with van der Waals surface area (Å²) < 4.78 is 1.69. The highest BCUT2D eigenvalue weighted by Gasteiger charge is 2.03. The summed E-state index contributed by atoms with van der Waals surface area (Å²) in [7, 11) is 1.84. The summed E-state index contributed by atoms with van der Waals surface area (Å²) in [5.74, 6) is 0.576. The van der Waals surface area contributed by atoms with E-state index in [1.54, 1.807) is 16.9 Å². The Balaban J connectivity index is 2.24. The van der Waals surface area contributed by atoms with Gasteiger partial charge in [0.25, 0.3) is 0 Å². The molecule has 0 aliphatic rings. The smallest absolute Gasteiger partial charge is 0.153 e. The molecule has 78 valence electrons. The Labute approximate surface area is 91.9 Å². The van der Waals surface area contributed by atoms with Crippen LogP contribution in [-0.2, 0) is 7.05 Å². The number of aryl methyl sites for hydroxylation is 1. The van der Waals surface area contributed by atoms with Gasteiger partial charge in [0.2, 0.25) is 0 Å². The molecule has 2 heterocycles. The van der Waals surface area contributed by atoms with E-state index in [9.17, 15) is 0 Å². The number of hydrogen-bond donors (Lipinski definition) is 2. The fraction of sp³-hybridized carbons (Fsp3) is 0.111. The molecule has 0 amide bonds. The minimum Gasteiger partial charge on any atom is -0.396 e. The van der Waals surface area contributed by atoms with Crippen molar-refractivity contribution in [3.05, 3.63) is 29.7 Å². The van der Waals surface area contributed by atoms with Crippen LogP contribution in [0.2, 0.25) is 5.02 Å². The number of aromatic nitrogens is 3. The second-order valence-electron chi connectivity index (χ2n) is 3.12. The molecule has 6 heteroatoms. The molecule has 2 rings (SSSR count). The highest BCUT2D eigenvalue weighted by atomic mass is 35.5. The number of nitrogen functional groups attached to an aromatic ring is 1. The van der Waals surface area contributed by atoms with Gasteiger partial charge in [-0.1, -0.05) is 11.6 Å². The van der Waals surface area contributed by atoms with Crippen molar-refractivity contribution in [3.63, 3.8) is 0 Å². The molecule has 0 spiro atoms. The van der Waals surface area contributed by atoms with Crippen LogP contribution in [0.3, 0.4) is 0 Å². The van der Waals surface area contributed by atoms with Gasteiger partial charge >= 0.3 is 0 Å². The van der Waals surface area contributed by atoms with Crippen LogP contribution in [0.15, 0.2) is 24.7 Å². The van der Waals surface area contributed by atoms with Crippen molar-refractivity contribution >= 4 is 28.8 Å². The van der Waals surface area contributed by atoms with Crippen molar-refractivity contribution in [2.75, 3.05) is 11.1 Å². The highest BCUT2D eigenvalue weighted by Crippen LogP contribution is 2.22. The molecule has 0 radical (unpaired) electrons. The average Bonchev–Trinajstić information content (AvgIpc) is 2.56. The number of anilines is 3. The number of hydrogen-bond acceptors (Lipinski definition) is 4. The predicted molar refractivity (Wildman–Crippen MR) is 60.2 cm³/mol. The van der Waals surface area contributed by atoms with Crippen molar-refractivity contribution in [2.24, 2.45) is 7.05 Å². The Bertz CT molecular complexity index is 479. The maximum absolute atomic E-state index is 5.74. The minimum atomic E-state index is 0.506. The zero-order valence-electron chi connectivity index (χ0n) is 8.11. The van der Waals surface area contributed by atoms with Crippen molar-refractivity contribution in [1.82, 2.24) is 14.8 Å². The SMILES string of the molecule is Cn1cc(Nc2ncc(Cl)cc2N)cn1. The zero-order valence-corrected chi connectivity index (χ0v) is 8.86. The Morgan fingerprint density at radius 3 is 2.87 bits per heavy atom. The van der Waals surface area contributed by atoms with Crippen molar-refractivity contribution in [2.45, 2.75) is 0 Å². The van der Waals surface area contributed by atoms with E-state index < -0.39 is 0 Å². The fourth-order valence-corrected chi connectivity index (χ4v) is 1.35. The lowest BCUT2D eigenvalue weighted by atomic mass is 10.4. The van der Waals surface area contributed by atoms with Crippen LogP contribution in [-0.4, -0.2) is 14.8 Å². The molecule has 2 aromatic heterocycles. The number of nitrogens with zero attached hydrogens (tertiary/aromatic N) is 3. The second kappa shape index (κ2) is 3.78. The van der Waals surface area contributed by atoms with E-state index >= 15 is 0 Å². The minimum absolute atomic E-state index is 0.506. The van der Waals surface area contributed by atoms with E-state index in [1.807, 2.05) is 13.2 Å². The van der Waals surface area contributed by atoms with E-state index in [-0.39, 0.29) is 0 Å². The molecule has 5 nitrogen and oxygen atoms in total. The van der Waals surface area contributed by atoms with Crippen LogP contribution in [0.25, 0.3) is 0 Å². The zero-order chi connectivity index (χ0) is 10.8. The normalized spacial score (nSPS) is 10.3. The summed E-state index contributed by atoms with van der Waals surface area (Å²) in [5, 5.41) is 7.58. The first kappa shape index (κ1) is 9.79. The number of pyridine rings is 1. The van der Waals surface area contributed by atoms with E-state index in [1.165, 1.54) is 6.20 Å². The topological polar surface area (TPSA) is 68.8 Å². The van der Waals surface area contributed by atoms with Gasteiger partial charge in [-0.25, -0.2) is 4.98 Å². The van der Waals surface area contributed by atoms with Crippen LogP contribution in [0.5, 0.6) is 0 Å². The third-order valence-electron chi connectivity index (χ3n) is 1.85. The first-order chi connectivity index (χ1) is 7.15. The lowest BCUT2D eigenvalue weighted by molar-refractivity contribution is 0.768. The third-order valence-corrected chi connectivity index (χ3v) is 2.06. The summed E-state index contributed by atoms with van der Waals surface area (Å²) in [6.45, 7) is 0. The molecule has 0 unspecified atom stereocenters. The van der Waals surface area contributed by atoms with Crippen LogP contribution in [0.1, 0.15) is 0 Å². The quantitative estimate of drug-likeness (QED) is 0.815. The van der Waals surface area contributed by atoms with Crippen LogP contribution in [0.4, 0.5) is 17.2 Å². The summed E-state index contributed by atoms with van der Waals surface area (Å²) >= 11 is 5.74. The van der Waals surface area contributed by atoms with Gasteiger partial charge in [0.1, 0.15) is 0 Å². The summed E-state index contributed by atoms with van der Waals surface area (Å²) in [5.41, 5.74) is 7.08. The summed E-state index contributed by atoms with van der Waals surface area (Å²) in [4.78, 5) is 4.08. The summed E-state index contributed by atoms with van der Waals surface area (Å²) in [6, 6.07) is 1.65. The molecule has 3 N–H and O–H groups in total. The van der Waals surface area contributed by atoms with Crippen molar-refractivity contribution in [1.29, 1.82) is 0 Å². The largest absolute Gasteiger partial charge is 0.396 e. The predicted octanol–water partition coefficient (Wildman–Crippen LogP) is 1.79. The fourth-order valence-electron chi connectivity index (χ4n) is 1.18. The highest BCUT2D eigenvalue weighted by molar-refractivity contribution is 6.30. The van der Waals surface area contributed by atoms with Gasteiger partial charge in [0.15, 0.2) is 5.82 Å². The van der Waals surface area contributed by atoms with Gasteiger partial charge in [-0.2, -0.15) is 5.10 Å². The molecule has 0 saturated heterocycles. The van der Waals surface area contributed by atoms with Gasteiger partial charge in [0.05, 0.1) is 22.6 Å². The number of rotatable bonds is 2. The number of halogens is 1. The van der Waals surface area contributed by atoms with Crippen LogP contribution in [0, 0.1) is 0 Å². The lowest BCUT2D eigenvalue weighted by Crippen LogP contribution is -1.98. The Morgan fingerprint density at radius 2 is 2.27 bits per heavy atom. The molecule has 0 aliphatic heterocycles. The third kappa shape index (κ3) is 2.19. The average molecular weight is 224 g/mol. The molecule has 0 atom stereocenters. The molecule has 0 saturated carbocycles. The molecule has 15 heavy (non-hydrogen) atoms. The monoisotopic (exact) mass is 223 g/mol. The van der Waals surface area contributed by atoms with Gasteiger partial charge in [-0.3, -0.25) is 4.68 Å². The number of nitrogens with one attached hydrogen (secondary N) is 1. The maximum atomic E-state index is 5.74. The molecule has 0 aromatic carbocycles. The molecule has 0 bridgehead atoms. The van der Waals surface area contributed by atoms with Gasteiger partial charge < -0.3 is 11.1 Å². The second-order valence-corrected chi connectivity index (χ2v) is 3.56. The molecular formula is C9H10ClN5. The molecular weight excluding hydrogens is 214 g/mol. The van der Waals surface area contributed by atoms with Gasteiger partial charge in [-0.15, -0.1) is 0 Å².